The summed E-state index contributed by atoms with van der Waals surface area (Å²) in [6.45, 7) is 0. The molecule has 2 rings (SSSR count). The van der Waals surface area contributed by atoms with E-state index in [1.54, 1.807) is 11.8 Å². The van der Waals surface area contributed by atoms with E-state index in [0.29, 0.717) is 10.8 Å². The summed E-state index contributed by atoms with van der Waals surface area (Å²) < 4.78 is 27.6. The number of sulfonamides is 1. The number of hydrogen-bond donors (Lipinski definition) is 2. The van der Waals surface area contributed by atoms with Gasteiger partial charge in [0.2, 0.25) is 10.0 Å². The minimum absolute atomic E-state index is 0.0451. The second-order valence-corrected chi connectivity index (χ2v) is 8.03. The smallest absolute Gasteiger partial charge is 0.242 e. The van der Waals surface area contributed by atoms with Gasteiger partial charge in [-0.25, -0.2) is 13.1 Å². The fourth-order valence-electron chi connectivity index (χ4n) is 2.61. The lowest BCUT2D eigenvalue weighted by molar-refractivity contribution is 0.421. The van der Waals surface area contributed by atoms with Crippen molar-refractivity contribution >= 4 is 27.5 Å². The van der Waals surface area contributed by atoms with Crippen LogP contribution in [0, 0.1) is 11.3 Å². The van der Waals surface area contributed by atoms with Gasteiger partial charge >= 0.3 is 0 Å². The average Bonchev–Trinajstić information content (AvgIpc) is 2.46. The van der Waals surface area contributed by atoms with Crippen LogP contribution in [0.5, 0.6) is 0 Å². The number of nitrogens with zero attached hydrogens (tertiary/aromatic N) is 1. The van der Waals surface area contributed by atoms with Gasteiger partial charge < -0.3 is 5.73 Å². The van der Waals surface area contributed by atoms with Gasteiger partial charge in [0.05, 0.1) is 17.3 Å². The molecule has 3 N–H and O–H groups in total. The molecule has 0 radical (unpaired) electrons. The van der Waals surface area contributed by atoms with Gasteiger partial charge in [0.25, 0.3) is 0 Å². The van der Waals surface area contributed by atoms with Crippen molar-refractivity contribution in [2.75, 3.05) is 12.0 Å². The van der Waals surface area contributed by atoms with Crippen LogP contribution in [0.15, 0.2) is 23.1 Å². The summed E-state index contributed by atoms with van der Waals surface area (Å²) >= 11 is 1.78. The molecule has 0 heterocycles. The van der Waals surface area contributed by atoms with Gasteiger partial charge in [0.15, 0.2) is 0 Å². The minimum Gasteiger partial charge on any atom is -0.398 e. The Balaban J connectivity index is 2.17. The predicted octanol–water partition coefficient (Wildman–Crippen LogP) is 2.09. The molecule has 5 nitrogen and oxygen atoms in total. The molecule has 0 aromatic heterocycles. The topological polar surface area (TPSA) is 96.0 Å². The van der Waals surface area contributed by atoms with Gasteiger partial charge in [-0.2, -0.15) is 17.0 Å². The van der Waals surface area contributed by atoms with E-state index in [-0.39, 0.29) is 16.6 Å². The highest BCUT2D eigenvalue weighted by molar-refractivity contribution is 7.99. The summed E-state index contributed by atoms with van der Waals surface area (Å²) in [7, 11) is -3.64. The molecule has 1 aliphatic rings. The van der Waals surface area contributed by atoms with Crippen molar-refractivity contribution in [1.29, 1.82) is 5.26 Å². The Morgan fingerprint density at radius 2 is 2.19 bits per heavy atom. The van der Waals surface area contributed by atoms with Gasteiger partial charge in [0, 0.05) is 11.3 Å². The van der Waals surface area contributed by atoms with Crippen molar-refractivity contribution in [3.05, 3.63) is 23.8 Å². The summed E-state index contributed by atoms with van der Waals surface area (Å²) in [5.41, 5.74) is 6.23. The SMILES string of the molecule is CSC1CCCC(NS(=O)(=O)c2ccc(C#N)cc2N)C1. The number of nitriles is 1. The normalized spacial score (nSPS) is 22.7. The van der Waals surface area contributed by atoms with Crippen molar-refractivity contribution in [1.82, 2.24) is 4.72 Å². The number of hydrogen-bond acceptors (Lipinski definition) is 5. The number of nitrogens with one attached hydrogen (secondary N) is 1. The highest BCUT2D eigenvalue weighted by atomic mass is 32.2. The Bertz CT molecular complexity index is 653. The maximum Gasteiger partial charge on any atom is 0.242 e. The van der Waals surface area contributed by atoms with Gasteiger partial charge in [-0.15, -0.1) is 0 Å². The fraction of sp³-hybridized carbons (Fsp3) is 0.500. The first-order valence-electron chi connectivity index (χ1n) is 6.81. The maximum atomic E-state index is 12.4. The third kappa shape index (κ3) is 3.90. The molecule has 2 unspecified atom stereocenters. The summed E-state index contributed by atoms with van der Waals surface area (Å²) in [6.07, 6.45) is 5.92. The standard InChI is InChI=1S/C14H19N3O2S2/c1-20-12-4-2-3-11(8-12)17-21(18,19)14-6-5-10(9-15)7-13(14)16/h5-7,11-12,17H,2-4,8,16H2,1H3. The number of anilines is 1. The molecule has 7 heteroatoms. The molecule has 1 aliphatic carbocycles. The number of benzene rings is 1. The fourth-order valence-corrected chi connectivity index (χ4v) is 4.84. The van der Waals surface area contributed by atoms with Crippen LogP contribution in [0.4, 0.5) is 5.69 Å². The molecule has 0 bridgehead atoms. The lowest BCUT2D eigenvalue weighted by Crippen LogP contribution is -2.39. The van der Waals surface area contributed by atoms with E-state index in [1.165, 1.54) is 18.2 Å². The summed E-state index contributed by atoms with van der Waals surface area (Å²) in [4.78, 5) is 0.0489. The largest absolute Gasteiger partial charge is 0.398 e. The molecular formula is C14H19N3O2S2. The second kappa shape index (κ2) is 6.69. The summed E-state index contributed by atoms with van der Waals surface area (Å²) in [6, 6.07) is 6.15. The van der Waals surface area contributed by atoms with E-state index >= 15 is 0 Å². The first-order chi connectivity index (χ1) is 9.96. The van der Waals surface area contributed by atoms with Gasteiger partial charge in [-0.05, 0) is 43.7 Å². The Morgan fingerprint density at radius 3 is 2.81 bits per heavy atom. The summed E-state index contributed by atoms with van der Waals surface area (Å²) in [5.74, 6) is 0. The zero-order chi connectivity index (χ0) is 15.5. The zero-order valence-corrected chi connectivity index (χ0v) is 13.5. The van der Waals surface area contributed by atoms with Crippen LogP contribution < -0.4 is 10.5 Å². The van der Waals surface area contributed by atoms with E-state index in [0.717, 1.165) is 25.7 Å². The second-order valence-electron chi connectivity index (χ2n) is 5.21. The predicted molar refractivity (Wildman–Crippen MR) is 85.4 cm³/mol. The van der Waals surface area contributed by atoms with Crippen LogP contribution in [0.25, 0.3) is 0 Å². The molecule has 1 saturated carbocycles. The molecule has 1 aromatic rings. The van der Waals surface area contributed by atoms with Crippen LogP contribution in [0.1, 0.15) is 31.2 Å². The molecule has 0 amide bonds. The molecule has 0 saturated heterocycles. The minimum atomic E-state index is -3.64. The zero-order valence-electron chi connectivity index (χ0n) is 11.9. The van der Waals surface area contributed by atoms with Crippen molar-refractivity contribution < 1.29 is 8.42 Å². The van der Waals surface area contributed by atoms with Crippen molar-refractivity contribution in [2.24, 2.45) is 0 Å². The van der Waals surface area contributed by atoms with E-state index in [2.05, 4.69) is 11.0 Å². The highest BCUT2D eigenvalue weighted by Gasteiger charge is 2.27. The molecule has 1 aromatic carbocycles. The lowest BCUT2D eigenvalue weighted by atomic mass is 9.96. The third-order valence-corrected chi connectivity index (χ3v) is 6.40. The van der Waals surface area contributed by atoms with Gasteiger partial charge in [0.1, 0.15) is 4.90 Å². The van der Waals surface area contributed by atoms with E-state index < -0.39 is 10.0 Å². The van der Waals surface area contributed by atoms with Crippen LogP contribution in [0.2, 0.25) is 0 Å². The Kier molecular flexibility index (Phi) is 5.14. The average molecular weight is 325 g/mol. The van der Waals surface area contributed by atoms with Crippen molar-refractivity contribution in [2.45, 2.75) is 41.9 Å². The van der Waals surface area contributed by atoms with Crippen LogP contribution in [-0.2, 0) is 10.0 Å². The molecule has 0 spiro atoms. The van der Waals surface area contributed by atoms with Crippen LogP contribution >= 0.6 is 11.8 Å². The van der Waals surface area contributed by atoms with Crippen molar-refractivity contribution in [3.63, 3.8) is 0 Å². The molecule has 0 aliphatic heterocycles. The van der Waals surface area contributed by atoms with E-state index in [9.17, 15) is 8.42 Å². The van der Waals surface area contributed by atoms with E-state index in [1.807, 2.05) is 6.07 Å². The highest BCUT2D eigenvalue weighted by Crippen LogP contribution is 2.28. The number of nitrogens with two attached hydrogens (primary N) is 1. The first-order valence-corrected chi connectivity index (χ1v) is 9.58. The summed E-state index contributed by atoms with van der Waals surface area (Å²) in [5, 5.41) is 9.30. The molecular weight excluding hydrogens is 306 g/mol. The van der Waals surface area contributed by atoms with Crippen LogP contribution in [-0.4, -0.2) is 26.0 Å². The Hall–Kier alpha value is -1.23. The molecule has 114 valence electrons. The van der Waals surface area contributed by atoms with Crippen molar-refractivity contribution in [3.8, 4) is 6.07 Å². The van der Waals surface area contributed by atoms with Gasteiger partial charge in [-0.3, -0.25) is 0 Å². The molecule has 1 fully saturated rings. The quantitative estimate of drug-likeness (QED) is 0.826. The molecule has 21 heavy (non-hydrogen) atoms. The molecule has 2 atom stereocenters. The maximum absolute atomic E-state index is 12.4. The van der Waals surface area contributed by atoms with Crippen LogP contribution in [0.3, 0.4) is 0 Å². The monoisotopic (exact) mass is 325 g/mol. The lowest BCUT2D eigenvalue weighted by Gasteiger charge is -2.28. The number of nitrogen functional groups attached to an aromatic ring is 1. The first kappa shape index (κ1) is 16.1. The Labute approximate surface area is 130 Å². The number of rotatable bonds is 4. The third-order valence-electron chi connectivity index (χ3n) is 3.71. The van der Waals surface area contributed by atoms with E-state index in [4.69, 9.17) is 11.0 Å². The Morgan fingerprint density at radius 1 is 1.43 bits per heavy atom. The van der Waals surface area contributed by atoms with Gasteiger partial charge in [-0.1, -0.05) is 6.42 Å². The number of thioether (sulfide) groups is 1.